The van der Waals surface area contributed by atoms with Crippen LogP contribution in [0, 0.1) is 0 Å². The molecule has 1 aliphatic heterocycles. The van der Waals surface area contributed by atoms with Gasteiger partial charge in [-0.25, -0.2) is 4.79 Å². The Bertz CT molecular complexity index is 739. The third-order valence-corrected chi connectivity index (χ3v) is 5.05. The Morgan fingerprint density at radius 3 is 2.26 bits per heavy atom. The minimum atomic E-state index is -0.745. The number of aliphatic hydroxyl groups excluding tert-OH is 1. The number of carbonyl (C=O) groups excluding carboxylic acids is 1. The molecule has 1 amide bonds. The summed E-state index contributed by atoms with van der Waals surface area (Å²) in [6.45, 7) is 6.17. The first-order valence-electron chi connectivity index (χ1n) is 9.63. The quantitative estimate of drug-likeness (QED) is 0.839. The van der Waals surface area contributed by atoms with Crippen molar-refractivity contribution in [2.24, 2.45) is 0 Å². The fourth-order valence-corrected chi connectivity index (χ4v) is 3.74. The van der Waals surface area contributed by atoms with Crippen molar-refractivity contribution in [2.45, 2.75) is 57.3 Å². The van der Waals surface area contributed by atoms with E-state index in [1.807, 2.05) is 69.3 Å². The second kappa shape index (κ2) is 8.13. The van der Waals surface area contributed by atoms with Crippen molar-refractivity contribution < 1.29 is 14.6 Å². The van der Waals surface area contributed by atoms with E-state index in [0.717, 1.165) is 12.0 Å². The van der Waals surface area contributed by atoms with E-state index in [-0.39, 0.29) is 12.1 Å². The van der Waals surface area contributed by atoms with Gasteiger partial charge >= 0.3 is 6.09 Å². The summed E-state index contributed by atoms with van der Waals surface area (Å²) in [4.78, 5) is 14.5. The standard InChI is InChI=1S/C23H29NO3/c1-23(2,3)27-22(26)24-15-14-19(17-10-6-4-7-11-17)16-20(24)21(25)18-12-8-5-9-13-18/h4-13,19-21,25H,14-16H2,1-3H3/t19?,20-,21+/m0/s1. The highest BCUT2D eigenvalue weighted by Crippen LogP contribution is 2.37. The normalized spacial score (nSPS) is 21.6. The Kier molecular flexibility index (Phi) is 5.85. The van der Waals surface area contributed by atoms with E-state index in [1.54, 1.807) is 4.90 Å². The Morgan fingerprint density at radius 2 is 1.67 bits per heavy atom. The number of ether oxygens (including phenoxy) is 1. The molecule has 1 fully saturated rings. The summed E-state index contributed by atoms with van der Waals surface area (Å²) < 4.78 is 5.61. The van der Waals surface area contributed by atoms with Crippen molar-refractivity contribution in [3.8, 4) is 0 Å². The lowest BCUT2D eigenvalue weighted by Gasteiger charge is -2.42. The molecule has 2 aromatic carbocycles. The third kappa shape index (κ3) is 4.89. The molecule has 2 aromatic rings. The highest BCUT2D eigenvalue weighted by Gasteiger charge is 2.38. The van der Waals surface area contributed by atoms with Gasteiger partial charge in [-0.05, 0) is 50.7 Å². The lowest BCUT2D eigenvalue weighted by Crippen LogP contribution is -2.50. The van der Waals surface area contributed by atoms with E-state index in [9.17, 15) is 9.90 Å². The van der Waals surface area contributed by atoms with Crippen LogP contribution >= 0.6 is 0 Å². The van der Waals surface area contributed by atoms with Crippen LogP contribution in [0.25, 0.3) is 0 Å². The highest BCUT2D eigenvalue weighted by atomic mass is 16.6. The number of piperidine rings is 1. The molecule has 1 unspecified atom stereocenters. The van der Waals surface area contributed by atoms with Gasteiger partial charge in [0.15, 0.2) is 0 Å². The summed E-state index contributed by atoms with van der Waals surface area (Å²) >= 11 is 0. The summed E-state index contributed by atoms with van der Waals surface area (Å²) in [5.41, 5.74) is 1.52. The minimum Gasteiger partial charge on any atom is -0.444 e. The van der Waals surface area contributed by atoms with Gasteiger partial charge in [0, 0.05) is 6.54 Å². The van der Waals surface area contributed by atoms with Crippen LogP contribution < -0.4 is 0 Å². The van der Waals surface area contributed by atoms with Crippen LogP contribution in [0.5, 0.6) is 0 Å². The molecular weight excluding hydrogens is 338 g/mol. The zero-order valence-electron chi connectivity index (χ0n) is 16.3. The minimum absolute atomic E-state index is 0.313. The second-order valence-corrected chi connectivity index (χ2v) is 8.23. The molecule has 0 aromatic heterocycles. The number of benzene rings is 2. The van der Waals surface area contributed by atoms with E-state index >= 15 is 0 Å². The van der Waals surface area contributed by atoms with Gasteiger partial charge in [0.25, 0.3) is 0 Å². The average molecular weight is 367 g/mol. The predicted octanol–water partition coefficient (Wildman–Crippen LogP) is 4.90. The van der Waals surface area contributed by atoms with Gasteiger partial charge in [0.05, 0.1) is 12.1 Å². The maximum absolute atomic E-state index is 12.8. The Balaban J connectivity index is 1.85. The van der Waals surface area contributed by atoms with Crippen LogP contribution in [-0.2, 0) is 4.74 Å². The Labute approximate surface area is 161 Å². The van der Waals surface area contributed by atoms with Gasteiger partial charge in [0.2, 0.25) is 0 Å². The summed E-state index contributed by atoms with van der Waals surface area (Å²) in [6.07, 6.45) is 0.472. The molecule has 0 aliphatic carbocycles. The first-order valence-corrected chi connectivity index (χ1v) is 9.63. The fraction of sp³-hybridized carbons (Fsp3) is 0.435. The molecule has 0 bridgehead atoms. The summed E-state index contributed by atoms with van der Waals surface area (Å²) in [7, 11) is 0. The fourth-order valence-electron chi connectivity index (χ4n) is 3.74. The summed E-state index contributed by atoms with van der Waals surface area (Å²) in [5, 5.41) is 11.1. The lowest BCUT2D eigenvalue weighted by molar-refractivity contribution is -0.0199. The number of carbonyl (C=O) groups is 1. The molecule has 0 spiro atoms. The number of likely N-dealkylation sites (tertiary alicyclic amines) is 1. The Hall–Kier alpha value is -2.33. The van der Waals surface area contributed by atoms with Crippen molar-refractivity contribution in [2.75, 3.05) is 6.54 Å². The molecule has 0 saturated carbocycles. The first kappa shape index (κ1) is 19.4. The molecule has 1 saturated heterocycles. The third-order valence-electron chi connectivity index (χ3n) is 5.05. The van der Waals surface area contributed by atoms with Gasteiger partial charge < -0.3 is 14.7 Å². The van der Waals surface area contributed by atoms with E-state index in [0.29, 0.717) is 18.9 Å². The van der Waals surface area contributed by atoms with E-state index < -0.39 is 11.7 Å². The molecule has 4 nitrogen and oxygen atoms in total. The molecule has 0 radical (unpaired) electrons. The number of rotatable bonds is 3. The van der Waals surface area contributed by atoms with Gasteiger partial charge in [-0.3, -0.25) is 0 Å². The molecule has 144 valence electrons. The van der Waals surface area contributed by atoms with Crippen LogP contribution in [0.4, 0.5) is 4.79 Å². The molecule has 1 aliphatic rings. The maximum Gasteiger partial charge on any atom is 0.410 e. The van der Waals surface area contributed by atoms with Crippen molar-refractivity contribution >= 4 is 6.09 Å². The molecular formula is C23H29NO3. The molecule has 1 heterocycles. The van der Waals surface area contributed by atoms with Crippen LogP contribution in [0.15, 0.2) is 60.7 Å². The van der Waals surface area contributed by atoms with Crippen LogP contribution in [-0.4, -0.2) is 34.3 Å². The summed E-state index contributed by atoms with van der Waals surface area (Å²) in [5.74, 6) is 0.313. The molecule has 3 atom stereocenters. The maximum atomic E-state index is 12.8. The van der Waals surface area contributed by atoms with Crippen molar-refractivity contribution in [1.82, 2.24) is 4.90 Å². The topological polar surface area (TPSA) is 49.8 Å². The number of aliphatic hydroxyl groups is 1. The van der Waals surface area contributed by atoms with Crippen molar-refractivity contribution in [3.05, 3.63) is 71.8 Å². The second-order valence-electron chi connectivity index (χ2n) is 8.23. The number of nitrogens with zero attached hydrogens (tertiary/aromatic N) is 1. The first-order chi connectivity index (χ1) is 12.8. The predicted molar refractivity (Wildman–Crippen MR) is 107 cm³/mol. The monoisotopic (exact) mass is 367 g/mol. The van der Waals surface area contributed by atoms with Gasteiger partial charge in [-0.1, -0.05) is 60.7 Å². The average Bonchev–Trinajstić information content (AvgIpc) is 2.67. The molecule has 4 heteroatoms. The van der Waals surface area contributed by atoms with Crippen molar-refractivity contribution in [3.63, 3.8) is 0 Å². The SMILES string of the molecule is CC(C)(C)OC(=O)N1CCC(c2ccccc2)C[C@H]1[C@H](O)c1ccccc1. The lowest BCUT2D eigenvalue weighted by atomic mass is 9.82. The zero-order chi connectivity index (χ0) is 19.4. The molecule has 3 rings (SSSR count). The van der Waals surface area contributed by atoms with Crippen molar-refractivity contribution in [1.29, 1.82) is 0 Å². The smallest absolute Gasteiger partial charge is 0.410 e. The number of hydrogen-bond acceptors (Lipinski definition) is 3. The zero-order valence-corrected chi connectivity index (χ0v) is 16.3. The van der Waals surface area contributed by atoms with E-state index in [4.69, 9.17) is 4.74 Å². The Morgan fingerprint density at radius 1 is 1.07 bits per heavy atom. The van der Waals surface area contributed by atoms with Crippen LogP contribution in [0.2, 0.25) is 0 Å². The largest absolute Gasteiger partial charge is 0.444 e. The van der Waals surface area contributed by atoms with Gasteiger partial charge in [0.1, 0.15) is 5.60 Å². The van der Waals surface area contributed by atoms with Crippen LogP contribution in [0.1, 0.15) is 56.8 Å². The molecule has 1 N–H and O–H groups in total. The van der Waals surface area contributed by atoms with Gasteiger partial charge in [-0.2, -0.15) is 0 Å². The van der Waals surface area contributed by atoms with E-state index in [1.165, 1.54) is 5.56 Å². The molecule has 27 heavy (non-hydrogen) atoms. The van der Waals surface area contributed by atoms with Crippen LogP contribution in [0.3, 0.4) is 0 Å². The van der Waals surface area contributed by atoms with E-state index in [2.05, 4.69) is 12.1 Å². The summed E-state index contributed by atoms with van der Waals surface area (Å²) in [6, 6.07) is 19.6. The highest BCUT2D eigenvalue weighted by molar-refractivity contribution is 5.69. The number of hydrogen-bond donors (Lipinski definition) is 1. The number of amides is 1. The van der Waals surface area contributed by atoms with Gasteiger partial charge in [-0.15, -0.1) is 0 Å².